The van der Waals surface area contributed by atoms with Crippen LogP contribution in [0.4, 0.5) is 15.8 Å². The minimum atomic E-state index is -1.00. The molecular weight excluding hydrogens is 453 g/mol. The lowest BCUT2D eigenvalue weighted by Gasteiger charge is -2.38. The van der Waals surface area contributed by atoms with Crippen molar-refractivity contribution in [2.24, 2.45) is 0 Å². The Kier molecular flexibility index (Phi) is 6.05. The van der Waals surface area contributed by atoms with E-state index in [9.17, 15) is 19.2 Å². The summed E-state index contributed by atoms with van der Waals surface area (Å²) in [5.41, 5.74) is 5.10. The van der Waals surface area contributed by atoms with Gasteiger partial charge in [0.1, 0.15) is 0 Å². The number of amides is 2. The molecule has 3 aliphatic rings. The molecule has 3 aromatic carbocycles. The van der Waals surface area contributed by atoms with Crippen LogP contribution in [0.5, 0.6) is 0 Å². The Morgan fingerprint density at radius 1 is 0.917 bits per heavy atom. The molecule has 0 saturated carbocycles. The maximum atomic E-state index is 12.0. The number of piperidine rings is 1. The zero-order valence-corrected chi connectivity index (χ0v) is 19.7. The molecule has 2 atom stereocenters. The Labute approximate surface area is 211 Å². The number of anilines is 2. The lowest BCUT2D eigenvalue weighted by Crippen LogP contribution is -2.40. The number of carbonyl (C=O) groups excluding carboxylic acids is 2. The Balaban J connectivity index is 0.000000892. The Bertz CT molecular complexity index is 1420. The Morgan fingerprint density at radius 3 is 2.11 bits per heavy atom. The maximum Gasteiger partial charge on any atom is 0.258 e. The molecule has 0 aromatic heterocycles. The molecule has 6 heteroatoms. The van der Waals surface area contributed by atoms with E-state index in [-0.39, 0.29) is 11.8 Å². The average molecular weight is 482 g/mol. The molecule has 0 aliphatic carbocycles. The molecule has 180 valence electrons. The van der Waals surface area contributed by atoms with Gasteiger partial charge in [-0.1, -0.05) is 42.0 Å². The molecule has 0 N–H and O–H groups in total. The quantitative estimate of drug-likeness (QED) is 0.434. The third-order valence-electron chi connectivity index (χ3n) is 7.27. The van der Waals surface area contributed by atoms with Crippen LogP contribution >= 0.6 is 0 Å². The van der Waals surface area contributed by atoms with Crippen LogP contribution in [0.2, 0.25) is 0 Å². The Hall–Kier alpha value is -4.24. The predicted molar refractivity (Wildman–Crippen MR) is 140 cm³/mol. The van der Waals surface area contributed by atoms with Gasteiger partial charge in [0.25, 0.3) is 11.8 Å². The number of hydrogen-bond acceptors (Lipinski definition) is 4. The zero-order valence-electron chi connectivity index (χ0n) is 20.7. The van der Waals surface area contributed by atoms with Crippen molar-refractivity contribution in [1.82, 2.24) is 0 Å². The number of carbonyl (C=O) groups is 2. The number of benzene rings is 3. The first-order valence-corrected chi connectivity index (χ1v) is 11.9. The van der Waals surface area contributed by atoms with Gasteiger partial charge in [0.15, 0.2) is 0 Å². The highest BCUT2D eigenvalue weighted by Crippen LogP contribution is 2.42. The van der Waals surface area contributed by atoms with Crippen molar-refractivity contribution in [1.29, 1.82) is 5.26 Å². The molecule has 3 aliphatic heterocycles. The first-order valence-electron chi connectivity index (χ1n) is 12.7. The van der Waals surface area contributed by atoms with Crippen molar-refractivity contribution in [2.75, 3.05) is 17.0 Å². The van der Waals surface area contributed by atoms with Gasteiger partial charge in [-0.15, -0.1) is 0 Å². The summed E-state index contributed by atoms with van der Waals surface area (Å²) in [6.45, 7) is 0. The van der Waals surface area contributed by atoms with Crippen molar-refractivity contribution >= 4 is 40.0 Å². The van der Waals surface area contributed by atoms with E-state index < -0.39 is 7.15 Å². The van der Waals surface area contributed by atoms with Crippen LogP contribution in [-0.4, -0.2) is 31.1 Å². The second-order valence-electron chi connectivity index (χ2n) is 9.22. The largest absolute Gasteiger partial charge is 0.365 e. The van der Waals surface area contributed by atoms with E-state index >= 15 is 0 Å². The molecule has 0 radical (unpaired) electrons. The van der Waals surface area contributed by atoms with Crippen LogP contribution in [0, 0.1) is 11.3 Å². The molecular formula is C30H26FN3O2. The molecule has 2 fully saturated rings. The molecule has 2 unspecified atom stereocenters. The van der Waals surface area contributed by atoms with Crippen LogP contribution in [-0.2, 0) is 9.59 Å². The van der Waals surface area contributed by atoms with E-state index in [0.717, 1.165) is 42.1 Å². The van der Waals surface area contributed by atoms with Gasteiger partial charge in [-0.3, -0.25) is 14.0 Å². The molecule has 5 nitrogen and oxygen atoms in total. The SMILES string of the molecule is N#Cc1ccc(C=C2CC3CCC(C2)N3c2ccc(N3C(=O)C=CC3=O)cc2)c2ccccc12.[3H]CF. The molecule has 0 spiro atoms. The fourth-order valence-electron chi connectivity index (χ4n) is 5.78. The summed E-state index contributed by atoms with van der Waals surface area (Å²) < 4.78 is 15.5. The lowest BCUT2D eigenvalue weighted by molar-refractivity contribution is -0.119. The third kappa shape index (κ3) is 4.07. The molecule has 36 heavy (non-hydrogen) atoms. The second-order valence-corrected chi connectivity index (χ2v) is 9.22. The fraction of sp³-hybridized carbons (Fsp3) is 0.233. The van der Waals surface area contributed by atoms with Crippen LogP contribution in [0.1, 0.15) is 38.2 Å². The van der Waals surface area contributed by atoms with E-state index in [2.05, 4.69) is 29.2 Å². The normalized spacial score (nSPS) is 20.8. The second kappa shape index (κ2) is 9.79. The summed E-state index contributed by atoms with van der Waals surface area (Å²) in [6.07, 6.45) is 9.29. The summed E-state index contributed by atoms with van der Waals surface area (Å²) in [4.78, 5) is 27.7. The van der Waals surface area contributed by atoms with E-state index in [1.165, 1.54) is 28.2 Å². The van der Waals surface area contributed by atoms with Crippen molar-refractivity contribution in [2.45, 2.75) is 37.8 Å². The van der Waals surface area contributed by atoms with E-state index in [1.54, 1.807) is 0 Å². The smallest absolute Gasteiger partial charge is 0.258 e. The number of fused-ring (bicyclic) bond motifs is 3. The van der Waals surface area contributed by atoms with Crippen molar-refractivity contribution in [3.63, 3.8) is 0 Å². The summed E-state index contributed by atoms with van der Waals surface area (Å²) in [6, 6.07) is 23.1. The summed E-state index contributed by atoms with van der Waals surface area (Å²) in [5, 5.41) is 11.6. The summed E-state index contributed by atoms with van der Waals surface area (Å²) in [5.74, 6) is -0.582. The Morgan fingerprint density at radius 2 is 1.50 bits per heavy atom. The van der Waals surface area contributed by atoms with Gasteiger partial charge in [-0.05, 0) is 67.0 Å². The van der Waals surface area contributed by atoms with Gasteiger partial charge in [-0.2, -0.15) is 5.26 Å². The van der Waals surface area contributed by atoms with Crippen LogP contribution in [0.15, 0.2) is 78.4 Å². The minimum absolute atomic E-state index is 0.291. The topological polar surface area (TPSA) is 64.4 Å². The molecule has 3 heterocycles. The number of nitriles is 1. The first kappa shape index (κ1) is 22.2. The monoisotopic (exact) mass is 481 g/mol. The highest BCUT2D eigenvalue weighted by molar-refractivity contribution is 6.28. The van der Waals surface area contributed by atoms with Crippen molar-refractivity contribution < 1.29 is 15.4 Å². The van der Waals surface area contributed by atoms with Crippen molar-refractivity contribution in [3.05, 3.63) is 89.5 Å². The molecule has 3 aromatic rings. The summed E-state index contributed by atoms with van der Waals surface area (Å²) >= 11 is 0. The van der Waals surface area contributed by atoms with Crippen LogP contribution < -0.4 is 9.80 Å². The van der Waals surface area contributed by atoms with Gasteiger partial charge in [0.2, 0.25) is 0 Å². The van der Waals surface area contributed by atoms with E-state index in [1.807, 2.05) is 48.5 Å². The predicted octanol–water partition coefficient (Wildman–Crippen LogP) is 5.94. The van der Waals surface area contributed by atoms with Gasteiger partial charge in [0.05, 0.1) is 25.8 Å². The fourth-order valence-corrected chi connectivity index (χ4v) is 5.78. The highest BCUT2D eigenvalue weighted by atomic mass is 19.1. The number of rotatable bonds is 3. The number of alkyl halides is 1. The van der Waals surface area contributed by atoms with Gasteiger partial charge in [-0.25, -0.2) is 4.90 Å². The number of imide groups is 1. The highest BCUT2D eigenvalue weighted by Gasteiger charge is 2.38. The van der Waals surface area contributed by atoms with Gasteiger partial charge >= 0.3 is 0 Å². The number of halogens is 1. The maximum absolute atomic E-state index is 12.0. The lowest BCUT2D eigenvalue weighted by atomic mass is 9.92. The third-order valence-corrected chi connectivity index (χ3v) is 7.27. The van der Waals surface area contributed by atoms with Crippen LogP contribution in [0.3, 0.4) is 0 Å². The number of hydrogen-bond donors (Lipinski definition) is 0. The zero-order chi connectivity index (χ0) is 25.9. The molecule has 6 rings (SSSR count). The first-order chi connectivity index (χ1) is 18.0. The van der Waals surface area contributed by atoms with Gasteiger partial charge < -0.3 is 4.90 Å². The summed E-state index contributed by atoms with van der Waals surface area (Å²) in [7, 11) is -1.00. The standard InChI is InChI=1S/C29H23N3O2.CH3F/c30-18-21-6-5-20(26-3-1-2-4-27(21)26)15-19-16-24-11-12-25(17-19)31(24)22-7-9-23(10-8-22)32-28(33)13-14-29(32)34;1-2/h1-10,13-15,24-25H,11-12,16-17H2;1H3/i;1T. The molecule has 2 saturated heterocycles. The van der Waals surface area contributed by atoms with Crippen molar-refractivity contribution in [3.8, 4) is 6.07 Å². The number of nitrogens with zero attached hydrogens (tertiary/aromatic N) is 3. The molecule has 2 bridgehead atoms. The molecule has 2 amide bonds. The van der Waals surface area contributed by atoms with Crippen LogP contribution in [0.25, 0.3) is 16.8 Å². The average Bonchev–Trinajstić information content (AvgIpc) is 3.39. The minimum Gasteiger partial charge on any atom is -0.365 e. The van der Waals surface area contributed by atoms with Gasteiger partial charge in [0, 0.05) is 35.3 Å². The van der Waals surface area contributed by atoms with E-state index in [4.69, 9.17) is 1.37 Å². The van der Waals surface area contributed by atoms with E-state index in [0.29, 0.717) is 23.3 Å².